The summed E-state index contributed by atoms with van der Waals surface area (Å²) < 4.78 is 98.7. The first-order valence-corrected chi connectivity index (χ1v) is 9.10. The van der Waals surface area contributed by atoms with Gasteiger partial charge in [0.05, 0.1) is 18.6 Å². The number of aromatic nitrogens is 1. The second-order valence-corrected chi connectivity index (χ2v) is 7.21. The van der Waals surface area contributed by atoms with Crippen LogP contribution in [0.3, 0.4) is 0 Å². The molecule has 0 amide bonds. The molecule has 1 unspecified atom stereocenters. The second-order valence-electron chi connectivity index (χ2n) is 7.21. The number of furan rings is 1. The van der Waals surface area contributed by atoms with Crippen LogP contribution in [-0.2, 0) is 7.05 Å². The lowest BCUT2D eigenvalue weighted by atomic mass is 9.91. The third kappa shape index (κ3) is 2.75. The van der Waals surface area contributed by atoms with E-state index in [2.05, 4.69) is 6.07 Å². The summed E-state index contributed by atoms with van der Waals surface area (Å²) in [5, 5.41) is 10.2. The van der Waals surface area contributed by atoms with Crippen LogP contribution in [0.4, 0.5) is 0 Å². The van der Waals surface area contributed by atoms with E-state index >= 15 is 0 Å². The van der Waals surface area contributed by atoms with E-state index in [0.29, 0.717) is 5.56 Å². The summed E-state index contributed by atoms with van der Waals surface area (Å²) in [6.07, 6.45) is 0. The average Bonchev–Trinajstić information content (AvgIpc) is 3.19. The molecule has 4 rings (SSSR count). The average molecular weight is 395 g/mol. The monoisotopic (exact) mass is 394 g/mol. The lowest BCUT2D eigenvalue weighted by molar-refractivity contribution is -0.667. The van der Waals surface area contributed by atoms with Crippen LogP contribution in [0.2, 0.25) is 0 Å². The molecular weight excluding hydrogens is 356 g/mol. The number of hydrogen-bond donors (Lipinski definition) is 0. The molecule has 0 spiro atoms. The summed E-state index contributed by atoms with van der Waals surface area (Å²) in [5.74, 6) is -2.48. The topological polar surface area (TPSA) is 40.8 Å². The SMILES string of the molecule is [2H]c1c(C([2H])(C)C([2H])([2H])[2H])c(C([2H])([2H])[2H])c(C)[n+](C)c1-c1c(C)cc(C([2H])([2H])[2H])c2c1oc1cccc(C#N)c12. The Kier molecular flexibility index (Phi) is 2.34. The van der Waals surface area contributed by atoms with Crippen molar-refractivity contribution in [3.8, 4) is 17.3 Å². The van der Waals surface area contributed by atoms with Gasteiger partial charge in [-0.25, -0.2) is 0 Å². The van der Waals surface area contributed by atoms with Crippen LogP contribution in [0.5, 0.6) is 0 Å². The molecule has 3 nitrogen and oxygen atoms in total. The maximum Gasteiger partial charge on any atom is 0.216 e. The first-order chi connectivity index (χ1) is 18.2. The Hall–Kier alpha value is -3.12. The highest BCUT2D eigenvalue weighted by atomic mass is 16.3. The number of hydrogen-bond acceptors (Lipinski definition) is 2. The zero-order valence-electron chi connectivity index (χ0n) is 27.6. The molecular formula is C26H27N2O+. The zero-order chi connectivity index (χ0) is 30.3. The van der Waals surface area contributed by atoms with Crippen molar-refractivity contribution in [2.24, 2.45) is 7.05 Å². The molecule has 0 aliphatic heterocycles. The minimum atomic E-state index is -2.98. The van der Waals surface area contributed by atoms with Crippen molar-refractivity contribution in [3.05, 3.63) is 63.8 Å². The summed E-state index contributed by atoms with van der Waals surface area (Å²) in [7, 11) is 1.52. The Morgan fingerprint density at radius 2 is 2.07 bits per heavy atom. The standard InChI is InChI=1S/C26H27N2O/c1-14(2)20-12-21(28(7)18(6)17(20)5)23-15(3)11-16(4)24-25-19(13-27)9-8-10-22(25)29-26(23)24/h8-12,14H,1-7H3/q+1/i1D3,4D3,5D3,12D,14D. The van der Waals surface area contributed by atoms with Gasteiger partial charge in [0.2, 0.25) is 5.69 Å². The lowest BCUT2D eigenvalue weighted by Crippen LogP contribution is -2.36. The summed E-state index contributed by atoms with van der Waals surface area (Å²) in [6.45, 7) is -4.28. The molecule has 2 aromatic carbocycles. The molecule has 0 saturated carbocycles. The molecule has 146 valence electrons. The third-order valence-electron chi connectivity index (χ3n) is 5.39. The number of aryl methyl sites for hydroxylation is 2. The first-order valence-electron chi connectivity index (χ1n) is 14.6. The van der Waals surface area contributed by atoms with Crippen LogP contribution in [0, 0.1) is 38.9 Å². The third-order valence-corrected chi connectivity index (χ3v) is 5.39. The number of fused-ring (bicyclic) bond motifs is 3. The Balaban J connectivity index is 2.34. The maximum atomic E-state index is 9.79. The normalized spacial score (nSPS) is 20.4. The van der Waals surface area contributed by atoms with Crippen LogP contribution < -0.4 is 4.57 Å². The van der Waals surface area contributed by atoms with Crippen molar-refractivity contribution in [1.29, 1.82) is 5.26 Å². The summed E-state index contributed by atoms with van der Waals surface area (Å²) in [5.41, 5.74) is 0.314. The number of benzene rings is 2. The minimum Gasteiger partial charge on any atom is -0.455 e. The highest BCUT2D eigenvalue weighted by Crippen LogP contribution is 2.41. The van der Waals surface area contributed by atoms with Gasteiger partial charge >= 0.3 is 0 Å². The van der Waals surface area contributed by atoms with E-state index < -0.39 is 43.6 Å². The van der Waals surface area contributed by atoms with Gasteiger partial charge < -0.3 is 4.42 Å². The van der Waals surface area contributed by atoms with Crippen molar-refractivity contribution in [2.75, 3.05) is 0 Å². The smallest absolute Gasteiger partial charge is 0.216 e. The molecule has 0 aliphatic carbocycles. The van der Waals surface area contributed by atoms with E-state index in [9.17, 15) is 6.63 Å². The van der Waals surface area contributed by atoms with Gasteiger partial charge in [-0.05, 0) is 55.3 Å². The largest absolute Gasteiger partial charge is 0.455 e. The molecule has 0 fully saturated rings. The molecule has 29 heavy (non-hydrogen) atoms. The van der Waals surface area contributed by atoms with Gasteiger partial charge in [0.15, 0.2) is 5.69 Å². The zero-order valence-corrected chi connectivity index (χ0v) is 16.6. The molecule has 2 aromatic heterocycles. The number of rotatable bonds is 2. The summed E-state index contributed by atoms with van der Waals surface area (Å²) in [4.78, 5) is 0. The van der Waals surface area contributed by atoms with Crippen molar-refractivity contribution in [1.82, 2.24) is 0 Å². The maximum absolute atomic E-state index is 9.79. The van der Waals surface area contributed by atoms with Crippen molar-refractivity contribution in [2.45, 2.75) is 47.2 Å². The molecule has 2 heterocycles. The fraction of sp³-hybridized carbons (Fsp3) is 0.308. The van der Waals surface area contributed by atoms with Crippen LogP contribution in [0.15, 0.2) is 34.7 Å². The number of nitriles is 1. The van der Waals surface area contributed by atoms with Crippen molar-refractivity contribution in [3.63, 3.8) is 0 Å². The van der Waals surface area contributed by atoms with Crippen LogP contribution in [0.25, 0.3) is 33.2 Å². The van der Waals surface area contributed by atoms with E-state index in [1.54, 1.807) is 19.1 Å². The number of pyridine rings is 1. The van der Waals surface area contributed by atoms with E-state index in [1.165, 1.54) is 30.7 Å². The Morgan fingerprint density at radius 3 is 2.76 bits per heavy atom. The van der Waals surface area contributed by atoms with Crippen LogP contribution in [-0.4, -0.2) is 0 Å². The Bertz CT molecular complexity index is 1730. The van der Waals surface area contributed by atoms with Gasteiger partial charge in [-0.3, -0.25) is 0 Å². The van der Waals surface area contributed by atoms with E-state index in [4.69, 9.17) is 18.1 Å². The lowest BCUT2D eigenvalue weighted by Gasteiger charge is -2.15. The van der Waals surface area contributed by atoms with Crippen LogP contribution in [0.1, 0.15) is 68.3 Å². The molecule has 0 saturated heterocycles. The van der Waals surface area contributed by atoms with E-state index in [1.807, 2.05) is 0 Å². The quantitative estimate of drug-likeness (QED) is 0.374. The molecule has 1 atom stereocenters. The molecule has 0 bridgehead atoms. The summed E-state index contributed by atoms with van der Waals surface area (Å²) >= 11 is 0. The van der Waals surface area contributed by atoms with Crippen LogP contribution >= 0.6 is 0 Å². The Morgan fingerprint density at radius 1 is 1.24 bits per heavy atom. The second kappa shape index (κ2) is 6.74. The Labute approximate surface area is 187 Å². The first kappa shape index (κ1) is 10.1. The van der Waals surface area contributed by atoms with Gasteiger partial charge in [-0.15, -0.1) is 0 Å². The molecule has 0 N–H and O–H groups in total. The number of nitrogens with zero attached hydrogens (tertiary/aromatic N) is 2. The van der Waals surface area contributed by atoms with Gasteiger partial charge in [0.25, 0.3) is 0 Å². The fourth-order valence-electron chi connectivity index (χ4n) is 3.80. The predicted molar refractivity (Wildman–Crippen MR) is 118 cm³/mol. The van der Waals surface area contributed by atoms with Gasteiger partial charge in [0.1, 0.15) is 18.2 Å². The van der Waals surface area contributed by atoms with Crippen molar-refractivity contribution >= 4 is 21.9 Å². The highest BCUT2D eigenvalue weighted by Gasteiger charge is 2.26. The van der Waals surface area contributed by atoms with Crippen molar-refractivity contribution < 1.29 is 24.1 Å². The van der Waals surface area contributed by atoms with E-state index in [-0.39, 0.29) is 50.0 Å². The highest BCUT2D eigenvalue weighted by molar-refractivity contribution is 6.13. The van der Waals surface area contributed by atoms with Gasteiger partial charge in [-0.1, -0.05) is 25.9 Å². The van der Waals surface area contributed by atoms with E-state index in [0.717, 1.165) is 6.92 Å². The molecule has 0 aliphatic rings. The fourth-order valence-corrected chi connectivity index (χ4v) is 3.80. The van der Waals surface area contributed by atoms with Gasteiger partial charge in [-0.2, -0.15) is 9.83 Å². The molecule has 3 heteroatoms. The summed E-state index contributed by atoms with van der Waals surface area (Å²) in [6, 6.07) is 7.70. The molecule has 4 aromatic rings. The van der Waals surface area contributed by atoms with Gasteiger partial charge in [0, 0.05) is 43.0 Å². The minimum absolute atomic E-state index is 0.0559. The molecule has 0 radical (unpaired) electrons. The predicted octanol–water partition coefficient (Wildman–Crippen LogP) is 6.31.